The number of aliphatic hydroxyl groups is 1. The third kappa shape index (κ3) is 4.34. The van der Waals surface area contributed by atoms with Gasteiger partial charge in [0.15, 0.2) is 11.5 Å². The Morgan fingerprint density at radius 2 is 2.00 bits per heavy atom. The summed E-state index contributed by atoms with van der Waals surface area (Å²) in [5.41, 5.74) is 1.20. The molecule has 1 heterocycles. The predicted octanol–water partition coefficient (Wildman–Crippen LogP) is 2.91. The van der Waals surface area contributed by atoms with Gasteiger partial charge in [0.05, 0.1) is 23.4 Å². The minimum Gasteiger partial charge on any atom is -0.394 e. The van der Waals surface area contributed by atoms with Gasteiger partial charge in [0.25, 0.3) is 0 Å². The predicted molar refractivity (Wildman–Crippen MR) is 99.9 cm³/mol. The molecule has 3 aromatic rings. The number of anilines is 1. The minimum absolute atomic E-state index is 0.0137. The molecule has 0 aliphatic heterocycles. The van der Waals surface area contributed by atoms with Gasteiger partial charge in [0.2, 0.25) is 0 Å². The molecule has 1 atom stereocenters. The summed E-state index contributed by atoms with van der Waals surface area (Å²) in [5.74, 6) is -1.07. The topological polar surface area (TPSA) is 118 Å². The summed E-state index contributed by atoms with van der Waals surface area (Å²) in [5, 5.41) is 38.8. The van der Waals surface area contributed by atoms with Crippen molar-refractivity contribution in [3.63, 3.8) is 0 Å². The molecule has 1 aromatic heterocycles. The summed E-state index contributed by atoms with van der Waals surface area (Å²) in [6.07, 6.45) is 0. The molecule has 0 bridgehead atoms. The molecule has 146 valence electrons. The third-order valence-electron chi connectivity index (χ3n) is 4.04. The number of amidine groups is 1. The Labute approximate surface area is 164 Å². The van der Waals surface area contributed by atoms with Crippen LogP contribution in [0, 0.1) is 11.2 Å². The molecule has 0 aliphatic carbocycles. The average molecular weight is 406 g/mol. The summed E-state index contributed by atoms with van der Waals surface area (Å²) in [4.78, 5) is 0. The zero-order valence-electron chi connectivity index (χ0n) is 14.5. The van der Waals surface area contributed by atoms with Crippen molar-refractivity contribution in [3.8, 4) is 0 Å². The number of hydrogen-bond donors (Lipinski definition) is 4. The smallest absolute Gasteiger partial charge is 0.182 e. The van der Waals surface area contributed by atoms with Gasteiger partial charge in [-0.05, 0) is 28.9 Å². The van der Waals surface area contributed by atoms with Gasteiger partial charge < -0.3 is 10.4 Å². The van der Waals surface area contributed by atoms with E-state index in [2.05, 4.69) is 15.6 Å². The van der Waals surface area contributed by atoms with Crippen LogP contribution in [-0.2, 0) is 6.54 Å². The molecule has 4 N–H and O–H groups in total. The molecule has 8 nitrogen and oxygen atoms in total. The lowest BCUT2D eigenvalue weighted by Gasteiger charge is -2.18. The number of rotatable bonds is 7. The van der Waals surface area contributed by atoms with Gasteiger partial charge in [0.1, 0.15) is 11.5 Å². The van der Waals surface area contributed by atoms with Crippen molar-refractivity contribution < 1.29 is 19.3 Å². The largest absolute Gasteiger partial charge is 0.394 e. The second kappa shape index (κ2) is 8.89. The maximum atomic E-state index is 13.3. The fraction of sp³-hybridized carbons (Fsp3) is 0.167. The molecular weight excluding hydrogens is 389 g/mol. The molecule has 0 saturated carbocycles. The molecule has 3 rings (SSSR count). The second-order valence-electron chi connectivity index (χ2n) is 5.85. The fourth-order valence-corrected chi connectivity index (χ4v) is 2.72. The molecule has 10 heteroatoms. The summed E-state index contributed by atoms with van der Waals surface area (Å²) in [6.45, 7) is -0.0262. The first-order chi connectivity index (χ1) is 13.5. The van der Waals surface area contributed by atoms with E-state index in [1.165, 1.54) is 12.1 Å². The molecule has 0 aliphatic rings. The van der Waals surface area contributed by atoms with E-state index in [4.69, 9.17) is 21.6 Å². The highest BCUT2D eigenvalue weighted by molar-refractivity contribution is 6.31. The van der Waals surface area contributed by atoms with Gasteiger partial charge >= 0.3 is 0 Å². The van der Waals surface area contributed by atoms with Crippen LogP contribution in [0.2, 0.25) is 5.02 Å². The molecule has 2 aromatic carbocycles. The minimum atomic E-state index is -0.644. The van der Waals surface area contributed by atoms with Crippen molar-refractivity contribution in [1.29, 1.82) is 5.41 Å². The van der Waals surface area contributed by atoms with E-state index in [1.807, 2.05) is 30.3 Å². The van der Waals surface area contributed by atoms with E-state index in [-0.39, 0.29) is 41.3 Å². The SMILES string of the molecule is N=C(c1nonc1CN[C@@H](CO)c1ccccc1)N(O)c1ccc(F)c(Cl)c1. The van der Waals surface area contributed by atoms with Gasteiger partial charge in [-0.25, -0.2) is 14.1 Å². The van der Waals surface area contributed by atoms with Crippen LogP contribution in [0.25, 0.3) is 0 Å². The number of hydroxylamine groups is 1. The lowest BCUT2D eigenvalue weighted by Crippen LogP contribution is -2.30. The maximum Gasteiger partial charge on any atom is 0.182 e. The maximum absolute atomic E-state index is 13.3. The van der Waals surface area contributed by atoms with E-state index in [0.29, 0.717) is 5.06 Å². The van der Waals surface area contributed by atoms with Crippen LogP contribution in [0.1, 0.15) is 23.0 Å². The zero-order chi connectivity index (χ0) is 20.1. The van der Waals surface area contributed by atoms with Crippen LogP contribution in [0.15, 0.2) is 53.2 Å². The van der Waals surface area contributed by atoms with E-state index in [1.54, 1.807) is 0 Å². The molecule has 28 heavy (non-hydrogen) atoms. The molecule has 0 saturated heterocycles. The number of benzene rings is 2. The Hall–Kier alpha value is -2.85. The summed E-state index contributed by atoms with van der Waals surface area (Å²) >= 11 is 5.71. The van der Waals surface area contributed by atoms with Gasteiger partial charge in [-0.2, -0.15) is 0 Å². The average Bonchev–Trinajstić information content (AvgIpc) is 3.19. The van der Waals surface area contributed by atoms with Crippen molar-refractivity contribution in [2.24, 2.45) is 0 Å². The first-order valence-electron chi connectivity index (χ1n) is 8.25. The van der Waals surface area contributed by atoms with Crippen LogP contribution in [-0.4, -0.2) is 33.1 Å². The highest BCUT2D eigenvalue weighted by Gasteiger charge is 2.22. The number of halogens is 2. The zero-order valence-corrected chi connectivity index (χ0v) is 15.3. The normalized spacial score (nSPS) is 12.0. The lowest BCUT2D eigenvalue weighted by atomic mass is 10.1. The first-order valence-corrected chi connectivity index (χ1v) is 8.62. The number of nitrogens with zero attached hydrogens (tertiary/aromatic N) is 3. The Balaban J connectivity index is 1.73. The van der Waals surface area contributed by atoms with Gasteiger partial charge in [-0.15, -0.1) is 0 Å². The standard InChI is InChI=1S/C18H17ClFN5O3/c19-13-8-12(6-7-14(13)20)25(27)18(21)17-15(23-28-24-17)9-22-16(10-26)11-4-2-1-3-5-11/h1-8,16,21-22,26-27H,9-10H2/t16-/m0/s1. The third-order valence-corrected chi connectivity index (χ3v) is 4.33. The van der Waals surface area contributed by atoms with Gasteiger partial charge in [0, 0.05) is 6.54 Å². The van der Waals surface area contributed by atoms with Crippen molar-refractivity contribution in [1.82, 2.24) is 15.6 Å². The number of nitrogens with one attached hydrogen (secondary N) is 2. The molecular formula is C18H17ClFN5O3. The monoisotopic (exact) mass is 405 g/mol. The van der Waals surface area contributed by atoms with Crippen molar-refractivity contribution >= 4 is 23.1 Å². The molecule has 0 spiro atoms. The van der Waals surface area contributed by atoms with Crippen molar-refractivity contribution in [3.05, 3.63) is 76.3 Å². The van der Waals surface area contributed by atoms with Crippen molar-refractivity contribution in [2.75, 3.05) is 11.7 Å². The number of aromatic nitrogens is 2. The number of hydrogen-bond acceptors (Lipinski definition) is 7. The van der Waals surface area contributed by atoms with Crippen LogP contribution < -0.4 is 10.4 Å². The Bertz CT molecular complexity index is 953. The van der Waals surface area contributed by atoms with E-state index >= 15 is 0 Å². The quantitative estimate of drug-likeness (QED) is 0.271. The summed E-state index contributed by atoms with van der Waals surface area (Å²) in [6, 6.07) is 12.5. The number of aliphatic hydroxyl groups excluding tert-OH is 1. The second-order valence-corrected chi connectivity index (χ2v) is 6.25. The Morgan fingerprint density at radius 1 is 1.25 bits per heavy atom. The van der Waals surface area contributed by atoms with Crippen LogP contribution in [0.5, 0.6) is 0 Å². The van der Waals surface area contributed by atoms with Gasteiger partial charge in [-0.1, -0.05) is 47.1 Å². The summed E-state index contributed by atoms with van der Waals surface area (Å²) in [7, 11) is 0. The van der Waals surface area contributed by atoms with Crippen LogP contribution in [0.3, 0.4) is 0 Å². The lowest BCUT2D eigenvalue weighted by molar-refractivity contribution is 0.242. The molecule has 0 radical (unpaired) electrons. The van der Waals surface area contributed by atoms with Gasteiger partial charge in [-0.3, -0.25) is 10.6 Å². The van der Waals surface area contributed by atoms with Crippen LogP contribution >= 0.6 is 11.6 Å². The van der Waals surface area contributed by atoms with E-state index < -0.39 is 11.7 Å². The highest BCUT2D eigenvalue weighted by atomic mass is 35.5. The molecule has 0 unspecified atom stereocenters. The first kappa shape index (κ1) is 19.9. The van der Waals surface area contributed by atoms with E-state index in [9.17, 15) is 14.7 Å². The van der Waals surface area contributed by atoms with Crippen LogP contribution in [0.4, 0.5) is 10.1 Å². The Kier molecular flexibility index (Phi) is 6.32. The fourth-order valence-electron chi connectivity index (χ4n) is 2.54. The van der Waals surface area contributed by atoms with E-state index in [0.717, 1.165) is 11.6 Å². The highest BCUT2D eigenvalue weighted by Crippen LogP contribution is 2.23. The van der Waals surface area contributed by atoms with Crippen molar-refractivity contribution in [2.45, 2.75) is 12.6 Å². The summed E-state index contributed by atoms with van der Waals surface area (Å²) < 4.78 is 18.0. The molecule has 0 fully saturated rings. The molecule has 0 amide bonds. The Morgan fingerprint density at radius 3 is 2.68 bits per heavy atom.